The maximum Gasteiger partial charge on any atom is 0.293 e. The highest BCUT2D eigenvalue weighted by atomic mass is 16.6. The predicted molar refractivity (Wildman–Crippen MR) is 135 cm³/mol. The number of nitro groups is 2. The number of nitro benzene ring substituents is 2. The number of nitrogens with zero attached hydrogens (tertiary/aromatic N) is 3. The Labute approximate surface area is 211 Å². The van der Waals surface area contributed by atoms with Crippen molar-refractivity contribution in [2.24, 2.45) is 0 Å². The molecule has 0 atom stereocenters. The minimum Gasteiger partial charge on any atom is -0.490 e. The predicted octanol–water partition coefficient (Wildman–Crippen LogP) is 5.33. The molecule has 0 aliphatic heterocycles. The Hall–Kier alpha value is -5.24. The van der Waals surface area contributed by atoms with Crippen LogP contribution in [0.25, 0.3) is 6.08 Å². The van der Waals surface area contributed by atoms with Crippen LogP contribution >= 0.6 is 0 Å². The highest BCUT2D eigenvalue weighted by Gasteiger charge is 2.18. The van der Waals surface area contributed by atoms with Crippen molar-refractivity contribution >= 4 is 29.0 Å². The van der Waals surface area contributed by atoms with Gasteiger partial charge in [-0.1, -0.05) is 12.1 Å². The fourth-order valence-corrected chi connectivity index (χ4v) is 3.28. The molecule has 11 nitrogen and oxygen atoms in total. The largest absolute Gasteiger partial charge is 0.490 e. The molecule has 0 aliphatic rings. The van der Waals surface area contributed by atoms with Gasteiger partial charge in [-0.2, -0.15) is 5.26 Å². The molecule has 0 fully saturated rings. The van der Waals surface area contributed by atoms with E-state index in [2.05, 4.69) is 5.32 Å². The first kappa shape index (κ1) is 26.4. The Bertz CT molecular complexity index is 1410. The van der Waals surface area contributed by atoms with Crippen LogP contribution in [0.1, 0.15) is 23.6 Å². The molecule has 188 valence electrons. The number of amides is 1. The Morgan fingerprint density at radius 3 is 2.35 bits per heavy atom. The normalized spacial score (nSPS) is 10.8. The number of carbonyl (C=O) groups excluding carboxylic acids is 1. The standard InChI is InChI=1S/C26H22N4O7/c1-3-36-25-14-19(7-11-24(25)37-16-18-5-8-21(9-6-18)29(32)33)13-20(15-27)26(31)28-22-10-4-17(2)12-23(22)30(34)35/h4-14H,3,16H2,1-2H3,(H,28,31)/b20-13+. The van der Waals surface area contributed by atoms with Crippen molar-refractivity contribution in [2.45, 2.75) is 20.5 Å². The number of carbonyl (C=O) groups is 1. The van der Waals surface area contributed by atoms with Gasteiger partial charge in [0.05, 0.1) is 16.5 Å². The number of nitrogens with one attached hydrogen (secondary N) is 1. The zero-order valence-corrected chi connectivity index (χ0v) is 20.0. The van der Waals surface area contributed by atoms with Crippen molar-refractivity contribution in [3.05, 3.63) is 103 Å². The molecule has 0 aromatic heterocycles. The van der Waals surface area contributed by atoms with Crippen LogP contribution in [-0.4, -0.2) is 22.4 Å². The molecule has 0 radical (unpaired) electrons. The van der Waals surface area contributed by atoms with E-state index in [1.54, 1.807) is 50.2 Å². The summed E-state index contributed by atoms with van der Waals surface area (Å²) < 4.78 is 11.4. The minimum atomic E-state index is -0.800. The Balaban J connectivity index is 1.80. The van der Waals surface area contributed by atoms with Crippen LogP contribution in [0, 0.1) is 38.5 Å². The molecule has 0 saturated carbocycles. The topological polar surface area (TPSA) is 158 Å². The summed E-state index contributed by atoms with van der Waals surface area (Å²) in [5.41, 5.74) is 1.24. The fraction of sp³-hybridized carbons (Fsp3) is 0.154. The van der Waals surface area contributed by atoms with Crippen molar-refractivity contribution in [3.8, 4) is 17.6 Å². The third-order valence-electron chi connectivity index (χ3n) is 5.08. The molecule has 0 heterocycles. The van der Waals surface area contributed by atoms with E-state index >= 15 is 0 Å². The quantitative estimate of drug-likeness (QED) is 0.168. The molecule has 11 heteroatoms. The third kappa shape index (κ3) is 6.89. The molecular formula is C26H22N4O7. The van der Waals surface area contributed by atoms with Gasteiger partial charge in [-0.25, -0.2) is 0 Å². The van der Waals surface area contributed by atoms with Crippen LogP contribution < -0.4 is 14.8 Å². The van der Waals surface area contributed by atoms with Gasteiger partial charge in [0.2, 0.25) is 0 Å². The summed E-state index contributed by atoms with van der Waals surface area (Å²) in [6.45, 7) is 3.93. The van der Waals surface area contributed by atoms with Crippen LogP contribution in [0.5, 0.6) is 11.5 Å². The number of benzene rings is 3. The SMILES string of the molecule is CCOc1cc(/C=C(\C#N)C(=O)Nc2ccc(C)cc2[N+](=O)[O-])ccc1OCc1ccc([N+](=O)[O-])cc1. The van der Waals surface area contributed by atoms with Crippen LogP contribution in [0.2, 0.25) is 0 Å². The monoisotopic (exact) mass is 502 g/mol. The molecule has 3 aromatic carbocycles. The first-order valence-corrected chi connectivity index (χ1v) is 11.0. The number of hydrogen-bond donors (Lipinski definition) is 1. The van der Waals surface area contributed by atoms with E-state index in [9.17, 15) is 30.3 Å². The van der Waals surface area contributed by atoms with E-state index in [4.69, 9.17) is 9.47 Å². The zero-order chi connectivity index (χ0) is 26.9. The van der Waals surface area contributed by atoms with E-state index in [-0.39, 0.29) is 29.2 Å². The molecule has 0 bridgehead atoms. The lowest BCUT2D eigenvalue weighted by molar-refractivity contribution is -0.384. The van der Waals surface area contributed by atoms with Gasteiger partial charge in [0.25, 0.3) is 17.3 Å². The third-order valence-corrected chi connectivity index (χ3v) is 5.08. The summed E-state index contributed by atoms with van der Waals surface area (Å²) in [5.74, 6) is -0.0356. The van der Waals surface area contributed by atoms with Crippen molar-refractivity contribution in [1.82, 2.24) is 0 Å². The number of nitriles is 1. The highest BCUT2D eigenvalue weighted by Crippen LogP contribution is 2.31. The lowest BCUT2D eigenvalue weighted by Crippen LogP contribution is -2.14. The van der Waals surface area contributed by atoms with Gasteiger partial charge in [-0.15, -0.1) is 0 Å². The number of rotatable bonds is 10. The summed E-state index contributed by atoms with van der Waals surface area (Å²) in [7, 11) is 0. The second kappa shape index (κ2) is 11.9. The summed E-state index contributed by atoms with van der Waals surface area (Å²) in [6, 6.07) is 16.9. The molecule has 3 aromatic rings. The molecule has 3 rings (SSSR count). The molecule has 0 spiro atoms. The number of aryl methyl sites for hydroxylation is 1. The minimum absolute atomic E-state index is 0.0215. The highest BCUT2D eigenvalue weighted by molar-refractivity contribution is 6.10. The Morgan fingerprint density at radius 2 is 1.73 bits per heavy atom. The van der Waals surface area contributed by atoms with E-state index in [1.165, 1.54) is 30.3 Å². The molecule has 1 amide bonds. The van der Waals surface area contributed by atoms with E-state index in [1.807, 2.05) is 6.07 Å². The number of non-ortho nitro benzene ring substituents is 1. The van der Waals surface area contributed by atoms with E-state index < -0.39 is 15.8 Å². The first-order chi connectivity index (χ1) is 17.7. The van der Waals surface area contributed by atoms with E-state index in [0.29, 0.717) is 34.8 Å². The fourth-order valence-electron chi connectivity index (χ4n) is 3.28. The van der Waals surface area contributed by atoms with Gasteiger partial charge in [0.15, 0.2) is 11.5 Å². The van der Waals surface area contributed by atoms with Gasteiger partial charge in [-0.3, -0.25) is 25.0 Å². The maximum absolute atomic E-state index is 12.7. The molecular weight excluding hydrogens is 480 g/mol. The molecule has 1 N–H and O–H groups in total. The van der Waals surface area contributed by atoms with Gasteiger partial charge in [0, 0.05) is 18.2 Å². The number of ether oxygens (including phenoxy) is 2. The lowest BCUT2D eigenvalue weighted by Gasteiger charge is -2.13. The average Bonchev–Trinajstić information content (AvgIpc) is 2.88. The van der Waals surface area contributed by atoms with Crippen LogP contribution in [0.3, 0.4) is 0 Å². The van der Waals surface area contributed by atoms with Gasteiger partial charge < -0.3 is 14.8 Å². The van der Waals surface area contributed by atoms with E-state index in [0.717, 1.165) is 0 Å². The lowest BCUT2D eigenvalue weighted by atomic mass is 10.1. The number of hydrogen-bond acceptors (Lipinski definition) is 8. The Morgan fingerprint density at radius 1 is 1.00 bits per heavy atom. The maximum atomic E-state index is 12.7. The van der Waals surface area contributed by atoms with Gasteiger partial charge in [-0.05, 0) is 66.9 Å². The van der Waals surface area contributed by atoms with Crippen molar-refractivity contribution in [1.29, 1.82) is 5.26 Å². The average molecular weight is 502 g/mol. The zero-order valence-electron chi connectivity index (χ0n) is 20.0. The smallest absolute Gasteiger partial charge is 0.293 e. The summed E-state index contributed by atoms with van der Waals surface area (Å²) >= 11 is 0. The van der Waals surface area contributed by atoms with Gasteiger partial charge >= 0.3 is 0 Å². The second-order valence-corrected chi connectivity index (χ2v) is 7.75. The molecule has 37 heavy (non-hydrogen) atoms. The van der Waals surface area contributed by atoms with Crippen molar-refractivity contribution in [2.75, 3.05) is 11.9 Å². The van der Waals surface area contributed by atoms with Crippen molar-refractivity contribution in [3.63, 3.8) is 0 Å². The first-order valence-electron chi connectivity index (χ1n) is 11.0. The van der Waals surface area contributed by atoms with Crippen LogP contribution in [0.15, 0.2) is 66.2 Å². The summed E-state index contributed by atoms with van der Waals surface area (Å²) in [4.78, 5) is 33.7. The van der Waals surface area contributed by atoms with Gasteiger partial charge in [0.1, 0.15) is 23.9 Å². The summed E-state index contributed by atoms with van der Waals surface area (Å²) in [6.07, 6.45) is 1.33. The molecule has 0 saturated heterocycles. The van der Waals surface area contributed by atoms with Crippen LogP contribution in [-0.2, 0) is 11.4 Å². The summed E-state index contributed by atoms with van der Waals surface area (Å²) in [5, 5.41) is 34.1. The number of anilines is 1. The molecule has 0 unspecified atom stereocenters. The van der Waals surface area contributed by atoms with Crippen molar-refractivity contribution < 1.29 is 24.1 Å². The second-order valence-electron chi connectivity index (χ2n) is 7.75. The Kier molecular flexibility index (Phi) is 8.51. The van der Waals surface area contributed by atoms with Crippen LogP contribution in [0.4, 0.5) is 17.1 Å². The molecule has 0 aliphatic carbocycles.